The van der Waals surface area contributed by atoms with Gasteiger partial charge in [0.15, 0.2) is 11.6 Å². The van der Waals surface area contributed by atoms with Crippen molar-refractivity contribution in [2.24, 2.45) is 5.73 Å². The Hall–Kier alpha value is -2.40. The van der Waals surface area contributed by atoms with Crippen LogP contribution in [0.25, 0.3) is 11.1 Å². The summed E-state index contributed by atoms with van der Waals surface area (Å²) in [6.45, 7) is 1.81. The molecule has 1 aliphatic heterocycles. The zero-order valence-electron chi connectivity index (χ0n) is 13.2. The number of likely N-dealkylation sites (N-methyl/N-ethyl adjacent to an activating group) is 1. The van der Waals surface area contributed by atoms with Crippen LogP contribution in [-0.2, 0) is 13.0 Å². The van der Waals surface area contributed by atoms with E-state index in [2.05, 4.69) is 11.9 Å². The largest absolute Gasteiger partial charge is 0.494 e. The number of fused-ring (bicyclic) bond motifs is 1. The molecule has 4 nitrogen and oxygen atoms in total. The lowest BCUT2D eigenvalue weighted by Gasteiger charge is -2.25. The molecule has 3 rings (SSSR count). The van der Waals surface area contributed by atoms with Gasteiger partial charge in [0, 0.05) is 18.7 Å². The molecule has 0 unspecified atom stereocenters. The van der Waals surface area contributed by atoms with Crippen molar-refractivity contribution in [2.75, 3.05) is 20.7 Å². The van der Waals surface area contributed by atoms with E-state index < -0.39 is 11.7 Å². The summed E-state index contributed by atoms with van der Waals surface area (Å²) in [7, 11) is 3.45. The molecule has 0 fully saturated rings. The lowest BCUT2D eigenvalue weighted by molar-refractivity contribution is 0.100. The van der Waals surface area contributed by atoms with Gasteiger partial charge in [-0.1, -0.05) is 12.1 Å². The van der Waals surface area contributed by atoms with Gasteiger partial charge in [0.05, 0.1) is 12.7 Å². The highest BCUT2D eigenvalue weighted by Gasteiger charge is 2.21. The summed E-state index contributed by atoms with van der Waals surface area (Å²) in [5.74, 6) is -1.12. The van der Waals surface area contributed by atoms with Gasteiger partial charge in [0.1, 0.15) is 0 Å². The number of carbonyl (C=O) groups is 1. The van der Waals surface area contributed by atoms with Crippen LogP contribution in [0.2, 0.25) is 0 Å². The maximum Gasteiger partial charge on any atom is 0.249 e. The summed E-state index contributed by atoms with van der Waals surface area (Å²) >= 11 is 0. The van der Waals surface area contributed by atoms with Crippen molar-refractivity contribution in [1.82, 2.24) is 4.90 Å². The fourth-order valence-corrected chi connectivity index (χ4v) is 3.06. The lowest BCUT2D eigenvalue weighted by Crippen LogP contribution is -2.26. The van der Waals surface area contributed by atoms with E-state index in [1.165, 1.54) is 24.8 Å². The first-order chi connectivity index (χ1) is 11.0. The maximum absolute atomic E-state index is 14.7. The van der Waals surface area contributed by atoms with Crippen LogP contribution in [0.3, 0.4) is 0 Å². The molecule has 2 N–H and O–H groups in total. The number of nitrogens with zero attached hydrogens (tertiary/aromatic N) is 1. The number of hydrogen-bond donors (Lipinski definition) is 1. The number of amides is 1. The van der Waals surface area contributed by atoms with Gasteiger partial charge in [-0.15, -0.1) is 0 Å². The van der Waals surface area contributed by atoms with Crippen LogP contribution >= 0.6 is 0 Å². The minimum Gasteiger partial charge on any atom is -0.494 e. The van der Waals surface area contributed by atoms with Crippen LogP contribution in [0.5, 0.6) is 5.75 Å². The van der Waals surface area contributed by atoms with Crippen LogP contribution < -0.4 is 10.5 Å². The summed E-state index contributed by atoms with van der Waals surface area (Å²) in [6, 6.07) is 8.71. The molecule has 1 amide bonds. The number of carbonyl (C=O) groups excluding carboxylic acids is 1. The standard InChI is InChI=1S/C18H19FN2O2/c1-21-8-7-11-3-4-12(9-13(11)10-21)16-14(18(20)22)5-6-15(23-2)17(16)19/h3-6,9H,7-8,10H2,1-2H3,(H2,20,22). The summed E-state index contributed by atoms with van der Waals surface area (Å²) in [5.41, 5.74) is 8.83. The molecule has 0 aromatic heterocycles. The first-order valence-corrected chi connectivity index (χ1v) is 7.48. The van der Waals surface area contributed by atoms with E-state index in [0.717, 1.165) is 25.1 Å². The van der Waals surface area contributed by atoms with Crippen LogP contribution in [0.1, 0.15) is 21.5 Å². The van der Waals surface area contributed by atoms with Crippen LogP contribution in [0.15, 0.2) is 30.3 Å². The highest BCUT2D eigenvalue weighted by Crippen LogP contribution is 2.34. The first kappa shape index (κ1) is 15.5. The highest BCUT2D eigenvalue weighted by atomic mass is 19.1. The molecule has 23 heavy (non-hydrogen) atoms. The van der Waals surface area contributed by atoms with Crippen molar-refractivity contribution in [1.29, 1.82) is 0 Å². The normalized spacial score (nSPS) is 14.4. The number of methoxy groups -OCH3 is 1. The Morgan fingerprint density at radius 1 is 1.26 bits per heavy atom. The molecule has 0 atom stereocenters. The van der Waals surface area contributed by atoms with Crippen molar-refractivity contribution < 1.29 is 13.9 Å². The molecule has 0 aliphatic carbocycles. The second-order valence-corrected chi connectivity index (χ2v) is 5.84. The van der Waals surface area contributed by atoms with E-state index in [1.807, 2.05) is 18.2 Å². The smallest absolute Gasteiger partial charge is 0.249 e. The fraction of sp³-hybridized carbons (Fsp3) is 0.278. The summed E-state index contributed by atoms with van der Waals surface area (Å²) in [4.78, 5) is 13.9. The summed E-state index contributed by atoms with van der Waals surface area (Å²) < 4.78 is 19.8. The van der Waals surface area contributed by atoms with Crippen molar-refractivity contribution in [3.8, 4) is 16.9 Å². The van der Waals surface area contributed by atoms with E-state index in [0.29, 0.717) is 5.56 Å². The molecule has 5 heteroatoms. The zero-order chi connectivity index (χ0) is 16.6. The molecule has 1 aliphatic rings. The van der Waals surface area contributed by atoms with Crippen LogP contribution in [-0.4, -0.2) is 31.5 Å². The van der Waals surface area contributed by atoms with Gasteiger partial charge in [-0.25, -0.2) is 4.39 Å². The fourth-order valence-electron chi connectivity index (χ4n) is 3.06. The molecule has 0 saturated carbocycles. The van der Waals surface area contributed by atoms with Crippen molar-refractivity contribution in [3.63, 3.8) is 0 Å². The molecular weight excluding hydrogens is 295 g/mol. The van der Waals surface area contributed by atoms with E-state index in [4.69, 9.17) is 10.5 Å². The molecule has 2 aromatic rings. The van der Waals surface area contributed by atoms with Gasteiger partial charge >= 0.3 is 0 Å². The first-order valence-electron chi connectivity index (χ1n) is 7.48. The van der Waals surface area contributed by atoms with E-state index in [1.54, 1.807) is 0 Å². The Bertz CT molecular complexity index is 774. The summed E-state index contributed by atoms with van der Waals surface area (Å²) in [6.07, 6.45) is 0.968. The average Bonchev–Trinajstić information content (AvgIpc) is 2.53. The number of primary amides is 1. The van der Waals surface area contributed by atoms with Gasteiger partial charge in [0.25, 0.3) is 0 Å². The van der Waals surface area contributed by atoms with Crippen LogP contribution in [0.4, 0.5) is 4.39 Å². The van der Waals surface area contributed by atoms with Crippen molar-refractivity contribution >= 4 is 5.91 Å². The predicted molar refractivity (Wildman–Crippen MR) is 86.9 cm³/mol. The van der Waals surface area contributed by atoms with Crippen molar-refractivity contribution in [3.05, 3.63) is 52.8 Å². The van der Waals surface area contributed by atoms with Gasteiger partial charge in [0.2, 0.25) is 5.91 Å². The molecule has 2 aromatic carbocycles. The average molecular weight is 314 g/mol. The molecular formula is C18H19FN2O2. The zero-order valence-corrected chi connectivity index (χ0v) is 13.2. The number of halogens is 1. The molecule has 0 radical (unpaired) electrons. The van der Waals surface area contributed by atoms with Gasteiger partial charge in [-0.05, 0) is 48.4 Å². The Morgan fingerprint density at radius 2 is 2.04 bits per heavy atom. The third kappa shape index (κ3) is 2.80. The monoisotopic (exact) mass is 314 g/mol. The Balaban J connectivity index is 2.18. The second kappa shape index (κ2) is 6.01. The van der Waals surface area contributed by atoms with Gasteiger partial charge in [-0.2, -0.15) is 0 Å². The number of rotatable bonds is 3. The third-order valence-corrected chi connectivity index (χ3v) is 4.29. The Kier molecular flexibility index (Phi) is 4.05. The van der Waals surface area contributed by atoms with E-state index >= 15 is 0 Å². The molecule has 0 bridgehead atoms. The van der Waals surface area contributed by atoms with E-state index in [-0.39, 0.29) is 16.9 Å². The van der Waals surface area contributed by atoms with Gasteiger partial charge in [-0.3, -0.25) is 4.79 Å². The lowest BCUT2D eigenvalue weighted by atomic mass is 9.92. The molecule has 120 valence electrons. The Labute approximate surface area is 134 Å². The van der Waals surface area contributed by atoms with Crippen LogP contribution in [0, 0.1) is 5.82 Å². The number of ether oxygens (including phenoxy) is 1. The third-order valence-electron chi connectivity index (χ3n) is 4.29. The number of hydrogen-bond acceptors (Lipinski definition) is 3. The summed E-state index contributed by atoms with van der Waals surface area (Å²) in [5, 5.41) is 0. The van der Waals surface area contributed by atoms with E-state index in [9.17, 15) is 9.18 Å². The molecule has 1 heterocycles. The predicted octanol–water partition coefficient (Wildman–Crippen LogP) is 2.59. The highest BCUT2D eigenvalue weighted by molar-refractivity contribution is 6.00. The molecule has 0 spiro atoms. The topological polar surface area (TPSA) is 55.6 Å². The quantitative estimate of drug-likeness (QED) is 0.947. The van der Waals surface area contributed by atoms with Crippen molar-refractivity contribution in [2.45, 2.75) is 13.0 Å². The number of nitrogens with two attached hydrogens (primary N) is 1. The maximum atomic E-state index is 14.7. The van der Waals surface area contributed by atoms with Gasteiger partial charge < -0.3 is 15.4 Å². The second-order valence-electron chi connectivity index (χ2n) is 5.84. The minimum absolute atomic E-state index is 0.0971. The number of benzene rings is 2. The minimum atomic E-state index is -0.656. The SMILES string of the molecule is COc1ccc(C(N)=O)c(-c2ccc3c(c2)CN(C)CC3)c1F. The molecule has 0 saturated heterocycles. The Morgan fingerprint density at radius 3 is 2.74 bits per heavy atom.